The van der Waals surface area contributed by atoms with Crippen LogP contribution in [0.3, 0.4) is 0 Å². The third-order valence-electron chi connectivity index (χ3n) is 0. The Morgan fingerprint density at radius 2 is 0.750 bits per heavy atom. The summed E-state index contributed by atoms with van der Waals surface area (Å²) in [6, 6.07) is 0. The van der Waals surface area contributed by atoms with Crippen molar-refractivity contribution in [1.82, 2.24) is 0 Å². The summed E-state index contributed by atoms with van der Waals surface area (Å²) >= 11 is 0. The van der Waals surface area contributed by atoms with E-state index in [4.69, 9.17) is 0 Å². The molecule has 0 aliphatic carbocycles. The summed E-state index contributed by atoms with van der Waals surface area (Å²) in [5, 5.41) is 0. The Kier molecular flexibility index (Phi) is 2470. The molecule has 22 valence electrons. The van der Waals surface area contributed by atoms with Gasteiger partial charge in [-0.2, -0.15) is 0 Å². The van der Waals surface area contributed by atoms with Gasteiger partial charge in [0.1, 0.15) is 0 Å². The second kappa shape index (κ2) is 63.8. The molecule has 0 aromatic heterocycles. The van der Waals surface area contributed by atoms with Gasteiger partial charge in [-0.25, -0.2) is 0 Å². The van der Waals surface area contributed by atoms with Crippen molar-refractivity contribution in [1.29, 1.82) is 0 Å². The Morgan fingerprint density at radius 3 is 0.750 bits per heavy atom. The molecule has 4 heteroatoms. The van der Waals surface area contributed by atoms with E-state index in [-0.39, 0.29) is 38.4 Å². The van der Waals surface area contributed by atoms with E-state index in [2.05, 4.69) is 0 Å². The fraction of sp³-hybridized carbons (Fsp3) is 0. The molecular weight excluding hydrogens is 53.9 g/mol. The first-order valence-electron chi connectivity index (χ1n) is 0. The van der Waals surface area contributed by atoms with Crippen molar-refractivity contribution in [2.75, 3.05) is 0 Å². The van der Waals surface area contributed by atoms with Crippen LogP contribution in [0.4, 0.5) is 9.41 Å². The number of hydrogen-bond acceptors (Lipinski definition) is 0. The summed E-state index contributed by atoms with van der Waals surface area (Å²) in [5.41, 5.74) is 0. The van der Waals surface area contributed by atoms with Gasteiger partial charge in [0.15, 0.2) is 0 Å². The second-order valence-electron chi connectivity index (χ2n) is 0. The van der Waals surface area contributed by atoms with Crippen molar-refractivity contribution in [3.05, 3.63) is 0 Å². The first-order chi connectivity index (χ1) is 0. The van der Waals surface area contributed by atoms with Gasteiger partial charge >= 0.3 is 29.0 Å². The van der Waals surface area contributed by atoms with Crippen molar-refractivity contribution in [2.24, 2.45) is 0 Å². The fourth-order valence-corrected chi connectivity index (χ4v) is 0. The van der Waals surface area contributed by atoms with Crippen molar-refractivity contribution in [2.45, 2.75) is 0 Å². The zero-order valence-corrected chi connectivity index (χ0v) is 0.816. The minimum absolute atomic E-state index is 0. The van der Waals surface area contributed by atoms with Crippen LogP contribution in [0.1, 0.15) is 0 Å². The van der Waals surface area contributed by atoms with Crippen LogP contribution in [0.5, 0.6) is 0 Å². The Labute approximate surface area is 39.1 Å². The van der Waals surface area contributed by atoms with E-state index in [0.717, 1.165) is 0 Å². The molecule has 0 bridgehead atoms. The van der Waals surface area contributed by atoms with Gasteiger partial charge in [0, 0.05) is 0 Å². The van der Waals surface area contributed by atoms with Crippen LogP contribution in [0, 0.1) is 0 Å². The number of halogens is 2. The molecule has 0 rings (SSSR count). The van der Waals surface area contributed by atoms with Gasteiger partial charge in [-0.1, -0.05) is 0 Å². The van der Waals surface area contributed by atoms with E-state index in [1.165, 1.54) is 0 Å². The van der Waals surface area contributed by atoms with Crippen LogP contribution in [-0.4, -0.2) is 29.0 Å². The average Bonchev–Trinajstić information content (AvgIpc) is 0. The van der Waals surface area contributed by atoms with Gasteiger partial charge in [-0.3, -0.25) is 9.41 Å². The molecule has 0 nitrogen and oxygen atoms in total. The monoisotopic (exact) mass is 59.1 g/mol. The summed E-state index contributed by atoms with van der Waals surface area (Å²) in [7, 11) is 0. The summed E-state index contributed by atoms with van der Waals surface area (Å²) in [5.74, 6) is 0. The molecule has 0 amide bonds. The maximum absolute atomic E-state index is 0. The summed E-state index contributed by atoms with van der Waals surface area (Å²) in [4.78, 5) is 0. The van der Waals surface area contributed by atoms with Gasteiger partial charge in [-0.15, -0.1) is 0 Å². The van der Waals surface area contributed by atoms with Gasteiger partial charge < -0.3 is 0 Å². The molecule has 0 saturated heterocycles. The van der Waals surface area contributed by atoms with Crippen molar-refractivity contribution < 1.29 is 9.41 Å². The van der Waals surface area contributed by atoms with Crippen LogP contribution in [0.15, 0.2) is 0 Å². The molecule has 0 spiro atoms. The average molecular weight is 59.0 g/mol. The first kappa shape index (κ1) is 155. The molecule has 0 fully saturated rings. The van der Waals surface area contributed by atoms with E-state index in [1.54, 1.807) is 0 Å². The fourth-order valence-electron chi connectivity index (χ4n) is 0. The van der Waals surface area contributed by atoms with Gasteiger partial charge in [-0.05, 0) is 0 Å². The Balaban J connectivity index is 0. The SMILES string of the molecule is F.F.[BeH2].[LiH]. The predicted molar refractivity (Wildman–Crippen MR) is 20.7 cm³/mol. The second-order valence-corrected chi connectivity index (χ2v) is 0. The van der Waals surface area contributed by atoms with Gasteiger partial charge in [0.25, 0.3) is 0 Å². The van der Waals surface area contributed by atoms with Crippen LogP contribution in [0.2, 0.25) is 0 Å². The van der Waals surface area contributed by atoms with E-state index < -0.39 is 0 Å². The topological polar surface area (TPSA) is 0 Å². The van der Waals surface area contributed by atoms with Crippen LogP contribution >= 0.6 is 0 Å². The molecule has 0 aromatic carbocycles. The molecule has 0 saturated carbocycles. The number of hydrogen-bond donors (Lipinski definition) is 0. The first-order valence-corrected chi connectivity index (χ1v) is 0. The van der Waals surface area contributed by atoms with Crippen LogP contribution < -0.4 is 0 Å². The van der Waals surface area contributed by atoms with E-state index in [0.29, 0.717) is 0 Å². The van der Waals surface area contributed by atoms with E-state index in [1.807, 2.05) is 0 Å². The predicted octanol–water partition coefficient (Wildman–Crippen LogP) is -1.26. The standard InChI is InChI=1S/Be.2FH.Li.3H/h;2*1H;;;;. The Morgan fingerprint density at radius 1 is 0.750 bits per heavy atom. The summed E-state index contributed by atoms with van der Waals surface area (Å²) in [6.07, 6.45) is 0. The quantitative estimate of drug-likeness (QED) is 0.305. The molecule has 0 aromatic rings. The summed E-state index contributed by atoms with van der Waals surface area (Å²) in [6.45, 7) is 0. The maximum atomic E-state index is 0. The molecule has 0 aliphatic heterocycles. The molecule has 0 aliphatic rings. The van der Waals surface area contributed by atoms with Crippen molar-refractivity contribution in [3.8, 4) is 0 Å². The van der Waals surface area contributed by atoms with Gasteiger partial charge in [0.2, 0.25) is 0 Å². The van der Waals surface area contributed by atoms with Crippen LogP contribution in [0.25, 0.3) is 0 Å². The zero-order chi connectivity index (χ0) is 0. The molecule has 4 heavy (non-hydrogen) atoms. The van der Waals surface area contributed by atoms with Crippen LogP contribution in [-0.2, 0) is 0 Å². The van der Waals surface area contributed by atoms with Gasteiger partial charge in [0.05, 0.1) is 0 Å². The summed E-state index contributed by atoms with van der Waals surface area (Å²) < 4.78 is 0. The van der Waals surface area contributed by atoms with Crippen molar-refractivity contribution >= 4 is 29.0 Å². The molecular formula is H5BeF2Li. The number of rotatable bonds is 0. The molecule has 0 heterocycles. The molecule has 0 unspecified atom stereocenters. The third-order valence-corrected chi connectivity index (χ3v) is 0. The Bertz CT molecular complexity index is 6.00. The zero-order valence-electron chi connectivity index (χ0n) is 0.816. The van der Waals surface area contributed by atoms with E-state index >= 15 is 0 Å². The molecule has 0 radical (unpaired) electrons. The minimum atomic E-state index is 0. The normalized spacial score (nSPS) is 0. The van der Waals surface area contributed by atoms with Crippen molar-refractivity contribution in [3.63, 3.8) is 0 Å². The third kappa shape index (κ3) is 17.7. The molecule has 0 N–H and O–H groups in total. The molecule has 0 atom stereocenters. The van der Waals surface area contributed by atoms with E-state index in [9.17, 15) is 0 Å². The Hall–Kier alpha value is 0.626.